The molecule has 5 nitrogen and oxygen atoms in total. The third-order valence-corrected chi connectivity index (χ3v) is 2.01. The molecule has 0 bridgehead atoms. The van der Waals surface area contributed by atoms with E-state index in [1.807, 2.05) is 0 Å². The second-order valence-corrected chi connectivity index (χ2v) is 3.45. The van der Waals surface area contributed by atoms with Crippen LogP contribution < -0.4 is 5.32 Å². The minimum Gasteiger partial charge on any atom is -0.389 e. The molecule has 0 aliphatic carbocycles. The molecule has 0 spiro atoms. The fourth-order valence-corrected chi connectivity index (χ4v) is 1.23. The Kier molecular flexibility index (Phi) is 5.45. The minimum absolute atomic E-state index is 0.124. The number of hydrogen-bond acceptors (Lipinski definition) is 4. The largest absolute Gasteiger partial charge is 0.389 e. The molecule has 16 heavy (non-hydrogen) atoms. The van der Waals surface area contributed by atoms with Gasteiger partial charge in [-0.3, -0.25) is 9.78 Å². The highest BCUT2D eigenvalue weighted by Crippen LogP contribution is 1.97. The number of aliphatic hydroxyl groups is 1. The highest BCUT2D eigenvalue weighted by Gasteiger charge is 2.07. The van der Waals surface area contributed by atoms with E-state index in [0.29, 0.717) is 6.42 Å². The van der Waals surface area contributed by atoms with Gasteiger partial charge in [0.1, 0.15) is 0 Å². The third-order valence-electron chi connectivity index (χ3n) is 2.01. The van der Waals surface area contributed by atoms with Crippen LogP contribution in [0, 0.1) is 0 Å². The van der Waals surface area contributed by atoms with E-state index in [1.165, 1.54) is 7.11 Å². The van der Waals surface area contributed by atoms with E-state index < -0.39 is 6.10 Å². The summed E-state index contributed by atoms with van der Waals surface area (Å²) in [7, 11) is 1.50. The van der Waals surface area contributed by atoms with Crippen LogP contribution in [0.3, 0.4) is 0 Å². The first-order chi connectivity index (χ1) is 7.72. The zero-order chi connectivity index (χ0) is 11.8. The smallest absolute Gasteiger partial charge is 0.224 e. The number of aromatic nitrogens is 1. The van der Waals surface area contributed by atoms with Crippen LogP contribution in [0.5, 0.6) is 0 Å². The van der Waals surface area contributed by atoms with Crippen molar-refractivity contribution in [1.29, 1.82) is 0 Å². The van der Waals surface area contributed by atoms with Crippen molar-refractivity contribution in [2.75, 3.05) is 20.3 Å². The number of methoxy groups -OCH3 is 1. The van der Waals surface area contributed by atoms with Gasteiger partial charge in [0.2, 0.25) is 5.91 Å². The normalized spacial score (nSPS) is 12.1. The molecule has 0 aromatic carbocycles. The van der Waals surface area contributed by atoms with Crippen LogP contribution in [0.15, 0.2) is 24.5 Å². The summed E-state index contributed by atoms with van der Waals surface area (Å²) in [4.78, 5) is 15.3. The Bertz CT molecular complexity index is 316. The standard InChI is InChI=1S/C11H16N2O3/c1-16-8-10(14)7-13-11(15)6-9-2-4-12-5-3-9/h2-5,10,14H,6-8H2,1H3,(H,13,15). The number of rotatable bonds is 6. The molecule has 0 fully saturated rings. The van der Waals surface area contributed by atoms with Crippen LogP contribution in [-0.2, 0) is 16.0 Å². The summed E-state index contributed by atoms with van der Waals surface area (Å²) in [5, 5.41) is 11.9. The van der Waals surface area contributed by atoms with Crippen LogP contribution >= 0.6 is 0 Å². The van der Waals surface area contributed by atoms with Crippen molar-refractivity contribution in [3.8, 4) is 0 Å². The van der Waals surface area contributed by atoms with E-state index in [1.54, 1.807) is 24.5 Å². The molecule has 2 N–H and O–H groups in total. The molecule has 0 radical (unpaired) electrons. The Morgan fingerprint density at radius 2 is 2.25 bits per heavy atom. The van der Waals surface area contributed by atoms with Crippen molar-refractivity contribution in [2.45, 2.75) is 12.5 Å². The Labute approximate surface area is 94.5 Å². The Hall–Kier alpha value is -1.46. The van der Waals surface area contributed by atoms with Gasteiger partial charge in [0.25, 0.3) is 0 Å². The third kappa shape index (κ3) is 4.86. The Morgan fingerprint density at radius 1 is 1.56 bits per heavy atom. The first-order valence-electron chi connectivity index (χ1n) is 5.05. The van der Waals surface area contributed by atoms with Gasteiger partial charge in [-0.2, -0.15) is 0 Å². The summed E-state index contributed by atoms with van der Waals surface area (Å²) in [5.41, 5.74) is 0.897. The molecule has 0 saturated carbocycles. The number of hydrogen-bond donors (Lipinski definition) is 2. The van der Waals surface area contributed by atoms with Gasteiger partial charge in [-0.15, -0.1) is 0 Å². The average Bonchev–Trinajstić information content (AvgIpc) is 2.28. The number of aliphatic hydroxyl groups excluding tert-OH is 1. The van der Waals surface area contributed by atoms with Gasteiger partial charge in [-0.05, 0) is 17.7 Å². The van der Waals surface area contributed by atoms with Gasteiger partial charge in [-0.25, -0.2) is 0 Å². The van der Waals surface area contributed by atoms with Crippen molar-refractivity contribution in [2.24, 2.45) is 0 Å². The molecule has 0 saturated heterocycles. The molecule has 88 valence electrons. The number of carbonyl (C=O) groups excluding carboxylic acids is 1. The van der Waals surface area contributed by atoms with E-state index >= 15 is 0 Å². The second kappa shape index (κ2) is 6.92. The maximum atomic E-state index is 11.4. The zero-order valence-electron chi connectivity index (χ0n) is 9.22. The lowest BCUT2D eigenvalue weighted by Crippen LogP contribution is -2.35. The maximum Gasteiger partial charge on any atom is 0.224 e. The number of ether oxygens (including phenoxy) is 1. The average molecular weight is 224 g/mol. The number of carbonyl (C=O) groups is 1. The van der Waals surface area contributed by atoms with Crippen molar-refractivity contribution < 1.29 is 14.6 Å². The fourth-order valence-electron chi connectivity index (χ4n) is 1.23. The molecule has 1 rings (SSSR count). The quantitative estimate of drug-likeness (QED) is 0.699. The van der Waals surface area contributed by atoms with Crippen LogP contribution in [-0.4, -0.2) is 42.4 Å². The summed E-state index contributed by atoms with van der Waals surface area (Å²) >= 11 is 0. The fraction of sp³-hybridized carbons (Fsp3) is 0.455. The monoisotopic (exact) mass is 224 g/mol. The van der Waals surface area contributed by atoms with Gasteiger partial charge in [-0.1, -0.05) is 0 Å². The summed E-state index contributed by atoms with van der Waals surface area (Å²) in [6.45, 7) is 0.424. The molecule has 5 heteroatoms. The number of nitrogens with zero attached hydrogens (tertiary/aromatic N) is 1. The van der Waals surface area contributed by atoms with Gasteiger partial charge in [0, 0.05) is 26.0 Å². The van der Waals surface area contributed by atoms with E-state index in [9.17, 15) is 9.90 Å². The molecule has 1 atom stereocenters. The van der Waals surface area contributed by atoms with Gasteiger partial charge in [0.05, 0.1) is 19.1 Å². The van der Waals surface area contributed by atoms with Crippen LogP contribution in [0.4, 0.5) is 0 Å². The number of nitrogens with one attached hydrogen (secondary N) is 1. The predicted molar refractivity (Wildman–Crippen MR) is 58.8 cm³/mol. The zero-order valence-corrected chi connectivity index (χ0v) is 9.22. The van der Waals surface area contributed by atoms with Crippen molar-refractivity contribution in [3.05, 3.63) is 30.1 Å². The van der Waals surface area contributed by atoms with Crippen LogP contribution in [0.25, 0.3) is 0 Å². The summed E-state index contributed by atoms with van der Waals surface area (Å²) in [6.07, 6.45) is 2.92. The van der Waals surface area contributed by atoms with Crippen molar-refractivity contribution >= 4 is 5.91 Å². The lowest BCUT2D eigenvalue weighted by Gasteiger charge is -2.10. The van der Waals surface area contributed by atoms with Crippen LogP contribution in [0.1, 0.15) is 5.56 Å². The van der Waals surface area contributed by atoms with Crippen molar-refractivity contribution in [3.63, 3.8) is 0 Å². The first kappa shape index (κ1) is 12.6. The molecule has 1 aromatic heterocycles. The molecule has 0 aliphatic heterocycles. The van der Waals surface area contributed by atoms with Gasteiger partial charge in [0.15, 0.2) is 0 Å². The van der Waals surface area contributed by atoms with Gasteiger partial charge < -0.3 is 15.2 Å². The van der Waals surface area contributed by atoms with E-state index in [2.05, 4.69) is 10.3 Å². The molecule has 1 aromatic rings. The van der Waals surface area contributed by atoms with E-state index in [-0.39, 0.29) is 19.1 Å². The van der Waals surface area contributed by atoms with Crippen molar-refractivity contribution in [1.82, 2.24) is 10.3 Å². The molecular formula is C11H16N2O3. The SMILES string of the molecule is COCC(O)CNC(=O)Cc1ccncc1. The summed E-state index contributed by atoms with van der Waals surface area (Å²) in [6, 6.07) is 3.57. The summed E-state index contributed by atoms with van der Waals surface area (Å²) < 4.78 is 4.74. The Balaban J connectivity index is 2.26. The maximum absolute atomic E-state index is 11.4. The number of pyridine rings is 1. The highest BCUT2D eigenvalue weighted by molar-refractivity contribution is 5.78. The number of amides is 1. The lowest BCUT2D eigenvalue weighted by molar-refractivity contribution is -0.121. The lowest BCUT2D eigenvalue weighted by atomic mass is 10.2. The molecule has 1 amide bonds. The molecule has 1 heterocycles. The topological polar surface area (TPSA) is 71.5 Å². The minimum atomic E-state index is -0.661. The predicted octanol–water partition coefficient (Wildman–Crippen LogP) is -0.252. The molecular weight excluding hydrogens is 208 g/mol. The van der Waals surface area contributed by atoms with E-state index in [4.69, 9.17) is 4.74 Å². The van der Waals surface area contributed by atoms with Gasteiger partial charge >= 0.3 is 0 Å². The molecule has 1 unspecified atom stereocenters. The first-order valence-corrected chi connectivity index (χ1v) is 5.05. The highest BCUT2D eigenvalue weighted by atomic mass is 16.5. The van der Waals surface area contributed by atoms with Crippen LogP contribution in [0.2, 0.25) is 0 Å². The Morgan fingerprint density at radius 3 is 2.88 bits per heavy atom. The summed E-state index contributed by atoms with van der Waals surface area (Å²) in [5.74, 6) is -0.124. The molecule has 0 aliphatic rings. The second-order valence-electron chi connectivity index (χ2n) is 3.45. The van der Waals surface area contributed by atoms with E-state index in [0.717, 1.165) is 5.56 Å².